The summed E-state index contributed by atoms with van der Waals surface area (Å²) in [6.07, 6.45) is 27.4. The zero-order valence-corrected chi connectivity index (χ0v) is 36.9. The van der Waals surface area contributed by atoms with Crippen LogP contribution in [0.1, 0.15) is 168 Å². The van der Waals surface area contributed by atoms with Gasteiger partial charge in [0.1, 0.15) is 43.2 Å². The lowest BCUT2D eigenvalue weighted by Gasteiger charge is -2.41. The summed E-state index contributed by atoms with van der Waals surface area (Å²) in [5.41, 5.74) is 0. The summed E-state index contributed by atoms with van der Waals surface area (Å²) >= 11 is 0. The van der Waals surface area contributed by atoms with Crippen molar-refractivity contribution in [1.29, 1.82) is 0 Å². The van der Waals surface area contributed by atoms with Crippen molar-refractivity contribution in [3.05, 3.63) is 48.6 Å². The molecule has 342 valence electrons. The molecule has 6 unspecified atom stereocenters. The molecule has 0 amide bonds. The SMILES string of the molecule is CCCCC/C=C/C/C=C/C/C=C/CCCCC(=O)O[C@H](COC(=O)CCCCCCCCC/C=C/CCCCCC)COP(=O)(O)OC1C(O)C(O)C(O)[C@@H](O)C1O. The largest absolute Gasteiger partial charge is 0.472 e. The molecular formula is C45H79O13P. The Bertz CT molecular complexity index is 1220. The number of hydrogen-bond acceptors (Lipinski definition) is 12. The third-order valence-electron chi connectivity index (χ3n) is 10.1. The van der Waals surface area contributed by atoms with Crippen molar-refractivity contribution in [1.82, 2.24) is 0 Å². The Labute approximate surface area is 354 Å². The quantitative estimate of drug-likeness (QED) is 0.0152. The zero-order valence-electron chi connectivity index (χ0n) is 36.0. The molecule has 1 saturated carbocycles. The molecule has 0 spiro atoms. The van der Waals surface area contributed by atoms with Gasteiger partial charge in [0.25, 0.3) is 0 Å². The summed E-state index contributed by atoms with van der Waals surface area (Å²) in [4.78, 5) is 35.6. The van der Waals surface area contributed by atoms with E-state index in [-0.39, 0.29) is 12.8 Å². The van der Waals surface area contributed by atoms with Crippen LogP contribution in [-0.4, -0.2) is 98.3 Å². The number of hydrogen-bond donors (Lipinski definition) is 6. The fourth-order valence-corrected chi connectivity index (χ4v) is 7.44. The van der Waals surface area contributed by atoms with Gasteiger partial charge in [-0.15, -0.1) is 0 Å². The average Bonchev–Trinajstić information content (AvgIpc) is 3.21. The molecule has 0 aliphatic heterocycles. The summed E-state index contributed by atoms with van der Waals surface area (Å²) in [6, 6.07) is 0. The molecule has 0 aromatic heterocycles. The number of phosphoric ester groups is 1. The van der Waals surface area contributed by atoms with Crippen molar-refractivity contribution in [2.45, 2.75) is 211 Å². The zero-order chi connectivity index (χ0) is 43.6. The van der Waals surface area contributed by atoms with E-state index < -0.39 is 75.7 Å². The van der Waals surface area contributed by atoms with E-state index in [1.54, 1.807) is 0 Å². The van der Waals surface area contributed by atoms with E-state index in [0.29, 0.717) is 12.8 Å². The Balaban J connectivity index is 2.51. The van der Waals surface area contributed by atoms with Gasteiger partial charge in [-0.1, -0.05) is 127 Å². The van der Waals surface area contributed by atoms with Gasteiger partial charge in [0.15, 0.2) is 6.10 Å². The Morgan fingerprint density at radius 1 is 0.525 bits per heavy atom. The number of carbonyl (C=O) groups excluding carboxylic acids is 2. The van der Waals surface area contributed by atoms with Crippen LogP contribution in [0.2, 0.25) is 0 Å². The van der Waals surface area contributed by atoms with E-state index in [1.807, 2.05) is 0 Å². The molecule has 1 fully saturated rings. The van der Waals surface area contributed by atoms with E-state index >= 15 is 0 Å². The smallest absolute Gasteiger partial charge is 0.462 e. The number of carbonyl (C=O) groups is 2. The molecule has 0 aromatic rings. The van der Waals surface area contributed by atoms with E-state index in [4.69, 9.17) is 18.5 Å². The van der Waals surface area contributed by atoms with Crippen molar-refractivity contribution in [2.75, 3.05) is 13.2 Å². The van der Waals surface area contributed by atoms with Crippen LogP contribution in [0.25, 0.3) is 0 Å². The van der Waals surface area contributed by atoms with Crippen LogP contribution < -0.4 is 0 Å². The van der Waals surface area contributed by atoms with Crippen LogP contribution in [0.5, 0.6) is 0 Å². The van der Waals surface area contributed by atoms with Gasteiger partial charge >= 0.3 is 19.8 Å². The Kier molecular flexibility index (Phi) is 32.9. The number of esters is 2. The van der Waals surface area contributed by atoms with Crippen LogP contribution in [0.4, 0.5) is 0 Å². The molecule has 0 radical (unpaired) electrons. The number of phosphoric acid groups is 1. The minimum atomic E-state index is -5.13. The summed E-state index contributed by atoms with van der Waals surface area (Å²) in [5, 5.41) is 50.1. The molecule has 1 aliphatic carbocycles. The summed E-state index contributed by atoms with van der Waals surface area (Å²) < 4.78 is 33.4. The van der Waals surface area contributed by atoms with Gasteiger partial charge in [-0.05, 0) is 77.0 Å². The van der Waals surface area contributed by atoms with Crippen LogP contribution >= 0.6 is 7.82 Å². The number of aliphatic hydroxyl groups is 5. The summed E-state index contributed by atoms with van der Waals surface area (Å²) in [6.45, 7) is 3.21. The van der Waals surface area contributed by atoms with Crippen LogP contribution in [-0.2, 0) is 32.7 Å². The standard InChI is InChI=1S/C45H79O13P/c1-3-5-7-9-11-13-15-17-19-21-23-25-27-29-31-33-38(46)55-35-37(36-56-59(53,54)58-45-43(51)41(49)40(48)42(50)44(45)52)57-39(47)34-32-30-28-26-24-22-20-18-16-14-12-10-8-6-4-2/h12-15,18,20,24,26,37,40-45,48-52H,3-11,16-17,19,21-23,25,27-36H2,1-2H3,(H,53,54)/b14-12+,15-13+,20-18+,26-24+/t37-,40?,41-,42?,43?,44?,45?/m1/s1. The van der Waals surface area contributed by atoms with Gasteiger partial charge in [0, 0.05) is 12.8 Å². The normalized spacial score (nSPS) is 22.8. The Hall–Kier alpha value is -2.19. The first-order chi connectivity index (χ1) is 28.4. The molecular weight excluding hydrogens is 779 g/mol. The lowest BCUT2D eigenvalue weighted by atomic mass is 9.85. The maximum Gasteiger partial charge on any atom is 0.472 e. The molecule has 13 nitrogen and oxygen atoms in total. The molecule has 0 heterocycles. The lowest BCUT2D eigenvalue weighted by molar-refractivity contribution is -0.220. The molecule has 14 heteroatoms. The second-order valence-electron chi connectivity index (χ2n) is 15.5. The Morgan fingerprint density at radius 2 is 0.915 bits per heavy atom. The van der Waals surface area contributed by atoms with Gasteiger partial charge in [-0.2, -0.15) is 0 Å². The number of aliphatic hydroxyl groups excluding tert-OH is 5. The van der Waals surface area contributed by atoms with Gasteiger partial charge < -0.3 is 39.9 Å². The third kappa shape index (κ3) is 28.1. The highest BCUT2D eigenvalue weighted by Gasteiger charge is 2.51. The van der Waals surface area contributed by atoms with E-state index in [2.05, 4.69) is 62.5 Å². The topological polar surface area (TPSA) is 210 Å². The summed E-state index contributed by atoms with van der Waals surface area (Å²) in [7, 11) is -5.13. The number of unbranched alkanes of at least 4 members (excludes halogenated alkanes) is 16. The number of ether oxygens (including phenoxy) is 2. The highest BCUT2D eigenvalue weighted by Crippen LogP contribution is 2.47. The highest BCUT2D eigenvalue weighted by molar-refractivity contribution is 7.47. The highest BCUT2D eigenvalue weighted by atomic mass is 31.2. The summed E-state index contributed by atoms with van der Waals surface area (Å²) in [5.74, 6) is -1.15. The molecule has 0 bridgehead atoms. The van der Waals surface area contributed by atoms with Gasteiger partial charge in [0.2, 0.25) is 0 Å². The first kappa shape index (κ1) is 54.8. The molecule has 0 aromatic carbocycles. The molecule has 59 heavy (non-hydrogen) atoms. The average molecular weight is 859 g/mol. The van der Waals surface area contributed by atoms with E-state index in [9.17, 15) is 44.6 Å². The predicted octanol–water partition coefficient (Wildman–Crippen LogP) is 8.39. The minimum Gasteiger partial charge on any atom is -0.462 e. The maximum atomic E-state index is 12.8. The molecule has 6 N–H and O–H groups in total. The fraction of sp³-hybridized carbons (Fsp3) is 0.778. The third-order valence-corrected chi connectivity index (χ3v) is 11.1. The van der Waals surface area contributed by atoms with Gasteiger partial charge in [-0.25, -0.2) is 4.57 Å². The number of allylic oxidation sites excluding steroid dienone is 8. The molecule has 8 atom stereocenters. The van der Waals surface area contributed by atoms with Gasteiger partial charge in [0.05, 0.1) is 6.61 Å². The second kappa shape index (κ2) is 35.4. The van der Waals surface area contributed by atoms with Crippen molar-refractivity contribution in [3.8, 4) is 0 Å². The number of rotatable bonds is 36. The van der Waals surface area contributed by atoms with Crippen LogP contribution in [0, 0.1) is 0 Å². The van der Waals surface area contributed by atoms with Crippen LogP contribution in [0.3, 0.4) is 0 Å². The maximum absolute atomic E-state index is 12.8. The molecule has 1 aliphatic rings. The van der Waals surface area contributed by atoms with Crippen molar-refractivity contribution < 1.29 is 63.1 Å². The Morgan fingerprint density at radius 3 is 1.47 bits per heavy atom. The first-order valence-corrected chi connectivity index (χ1v) is 23.9. The first-order valence-electron chi connectivity index (χ1n) is 22.4. The molecule has 0 saturated heterocycles. The van der Waals surface area contributed by atoms with Crippen molar-refractivity contribution >= 4 is 19.8 Å². The lowest BCUT2D eigenvalue weighted by Crippen LogP contribution is -2.64. The van der Waals surface area contributed by atoms with Gasteiger partial charge in [-0.3, -0.25) is 18.6 Å². The minimum absolute atomic E-state index is 0.0461. The van der Waals surface area contributed by atoms with Crippen LogP contribution in [0.15, 0.2) is 48.6 Å². The molecule has 1 rings (SSSR count). The van der Waals surface area contributed by atoms with E-state index in [0.717, 1.165) is 64.2 Å². The fourth-order valence-electron chi connectivity index (χ4n) is 6.46. The monoisotopic (exact) mass is 859 g/mol. The second-order valence-corrected chi connectivity index (χ2v) is 16.9. The van der Waals surface area contributed by atoms with Crippen molar-refractivity contribution in [2.24, 2.45) is 0 Å². The predicted molar refractivity (Wildman–Crippen MR) is 230 cm³/mol. The van der Waals surface area contributed by atoms with Crippen molar-refractivity contribution in [3.63, 3.8) is 0 Å². The van der Waals surface area contributed by atoms with E-state index in [1.165, 1.54) is 64.2 Å².